The van der Waals surface area contributed by atoms with Crippen LogP contribution in [-0.4, -0.2) is 40.9 Å². The second-order valence-corrected chi connectivity index (χ2v) is 15.3. The van der Waals surface area contributed by atoms with Crippen LogP contribution in [0.2, 0.25) is 0 Å². The molecule has 0 heterocycles. The van der Waals surface area contributed by atoms with Gasteiger partial charge in [0.1, 0.15) is 17.1 Å². The van der Waals surface area contributed by atoms with Gasteiger partial charge in [0.15, 0.2) is 5.78 Å². The highest BCUT2D eigenvalue weighted by Crippen LogP contribution is 2.48. The van der Waals surface area contributed by atoms with E-state index in [9.17, 15) is 14.4 Å². The lowest BCUT2D eigenvalue weighted by Gasteiger charge is -2.36. The van der Waals surface area contributed by atoms with Gasteiger partial charge in [-0.05, 0) is 74.4 Å². The number of amides is 1. The number of nitrogens with two attached hydrogens (primary N) is 1. The molecule has 2 atom stereocenters. The summed E-state index contributed by atoms with van der Waals surface area (Å²) in [4.78, 5) is 39.1. The van der Waals surface area contributed by atoms with Crippen molar-refractivity contribution in [1.29, 1.82) is 0 Å². The van der Waals surface area contributed by atoms with E-state index >= 15 is 0 Å². The third-order valence-electron chi connectivity index (χ3n) is 8.87. The topological polar surface area (TPSA) is 98.5 Å². The van der Waals surface area contributed by atoms with E-state index in [0.717, 1.165) is 47.3 Å². The fourth-order valence-corrected chi connectivity index (χ4v) is 7.84. The minimum Gasteiger partial charge on any atom is -0.488 e. The van der Waals surface area contributed by atoms with Crippen molar-refractivity contribution in [3.8, 4) is 5.75 Å². The van der Waals surface area contributed by atoms with Crippen molar-refractivity contribution >= 4 is 29.2 Å². The Kier molecular flexibility index (Phi) is 15.1. The molecule has 0 fully saturated rings. The molecular formula is C44H54N2O4S. The summed E-state index contributed by atoms with van der Waals surface area (Å²) in [6, 6.07) is 37.7. The zero-order valence-electron chi connectivity index (χ0n) is 30.6. The highest BCUT2D eigenvalue weighted by molar-refractivity contribution is 8.00. The number of thioether (sulfide) groups is 1. The Morgan fingerprint density at radius 1 is 0.686 bits per heavy atom. The molecule has 0 aliphatic heterocycles. The third-order valence-corrected chi connectivity index (χ3v) is 10.5. The monoisotopic (exact) mass is 706 g/mol. The maximum Gasteiger partial charge on any atom is 0.220 e. The van der Waals surface area contributed by atoms with Gasteiger partial charge in [0.05, 0.1) is 16.8 Å². The second-order valence-electron chi connectivity index (χ2n) is 14.1. The molecular weight excluding hydrogens is 653 g/mol. The fourth-order valence-electron chi connectivity index (χ4n) is 6.24. The maximum absolute atomic E-state index is 13.2. The zero-order valence-corrected chi connectivity index (χ0v) is 31.4. The van der Waals surface area contributed by atoms with Gasteiger partial charge in [0, 0.05) is 25.0 Å². The van der Waals surface area contributed by atoms with Gasteiger partial charge in [0.25, 0.3) is 0 Å². The normalized spacial score (nSPS) is 12.9. The molecule has 0 bridgehead atoms. The van der Waals surface area contributed by atoms with Crippen LogP contribution in [0.4, 0.5) is 0 Å². The van der Waals surface area contributed by atoms with E-state index in [-0.39, 0.29) is 23.1 Å². The highest BCUT2D eigenvalue weighted by Gasteiger charge is 2.38. The Morgan fingerprint density at radius 2 is 1.18 bits per heavy atom. The average Bonchev–Trinajstić information content (AvgIpc) is 3.13. The number of unbranched alkanes of at least 4 members (excludes halogenated alkanes) is 3. The number of carbonyl (C=O) groups excluding carboxylic acids is 3. The number of carbonyl (C=O) groups is 3. The first kappa shape index (κ1) is 39.6. The first-order valence-electron chi connectivity index (χ1n) is 18.2. The molecule has 3 N–H and O–H groups in total. The maximum atomic E-state index is 13.2. The van der Waals surface area contributed by atoms with Crippen LogP contribution in [0.1, 0.15) is 94.9 Å². The number of ketones is 2. The Bertz CT molecular complexity index is 1560. The van der Waals surface area contributed by atoms with Gasteiger partial charge in [0.2, 0.25) is 5.91 Å². The van der Waals surface area contributed by atoms with Crippen LogP contribution >= 0.6 is 11.8 Å². The van der Waals surface area contributed by atoms with Crippen molar-refractivity contribution < 1.29 is 19.1 Å². The number of benzene rings is 4. The first-order chi connectivity index (χ1) is 24.5. The van der Waals surface area contributed by atoms with Crippen LogP contribution in [0.15, 0.2) is 115 Å². The van der Waals surface area contributed by atoms with Gasteiger partial charge in [-0.1, -0.05) is 123 Å². The summed E-state index contributed by atoms with van der Waals surface area (Å²) < 4.78 is 5.30. The molecule has 51 heavy (non-hydrogen) atoms. The lowest BCUT2D eigenvalue weighted by Crippen LogP contribution is -2.43. The van der Waals surface area contributed by atoms with Crippen molar-refractivity contribution in [2.24, 2.45) is 5.73 Å². The van der Waals surface area contributed by atoms with Gasteiger partial charge in [-0.25, -0.2) is 0 Å². The standard InChI is InChI=1S/C44H54N2O4S/c1-5-40(47)39(32-51-44(34-19-11-8-12-20-34,35-21-13-9-14-22-35)36-23-15-10-16-24-36)46-42(49)26-18-7-6-17-25-41(48)38(45)31-33-27-29-37(30-28-33)50-43(2,3)4/h8-16,19-24,27-30,38-39H,5-7,17-18,25-26,31-32,45H2,1-4H3,(H,46,49)/t38-,39-/m0/s1. The summed E-state index contributed by atoms with van der Waals surface area (Å²) in [5.74, 6) is 1.17. The van der Waals surface area contributed by atoms with Gasteiger partial charge in [-0.2, -0.15) is 0 Å². The van der Waals surface area contributed by atoms with Gasteiger partial charge < -0.3 is 15.8 Å². The number of hydrogen-bond acceptors (Lipinski definition) is 6. The predicted molar refractivity (Wildman–Crippen MR) is 210 cm³/mol. The Labute approximate surface area is 309 Å². The molecule has 0 radical (unpaired) electrons. The van der Waals surface area contributed by atoms with E-state index in [2.05, 4.69) is 41.7 Å². The summed E-state index contributed by atoms with van der Waals surface area (Å²) in [5.41, 5.74) is 10.3. The van der Waals surface area contributed by atoms with Crippen LogP contribution < -0.4 is 15.8 Å². The smallest absolute Gasteiger partial charge is 0.220 e. The van der Waals surface area contributed by atoms with E-state index in [1.807, 2.05) is 107 Å². The summed E-state index contributed by atoms with van der Waals surface area (Å²) in [7, 11) is 0. The fraction of sp³-hybridized carbons (Fsp3) is 0.386. The summed E-state index contributed by atoms with van der Waals surface area (Å²) in [6.07, 6.45) is 4.69. The van der Waals surface area contributed by atoms with E-state index < -0.39 is 16.8 Å². The highest BCUT2D eigenvalue weighted by atomic mass is 32.2. The largest absolute Gasteiger partial charge is 0.488 e. The summed E-state index contributed by atoms with van der Waals surface area (Å²) in [5, 5.41) is 3.07. The van der Waals surface area contributed by atoms with Crippen molar-refractivity contribution in [2.75, 3.05) is 5.75 Å². The Hall–Kier alpha value is -4.20. The molecule has 0 saturated heterocycles. The van der Waals surface area contributed by atoms with Crippen molar-refractivity contribution in [3.05, 3.63) is 138 Å². The van der Waals surface area contributed by atoms with Gasteiger partial charge >= 0.3 is 0 Å². The molecule has 4 rings (SSSR count). The number of Topliss-reactive ketones (excluding diaryl/α,β-unsaturated/α-hetero) is 2. The molecule has 4 aromatic rings. The predicted octanol–water partition coefficient (Wildman–Crippen LogP) is 8.83. The van der Waals surface area contributed by atoms with Gasteiger partial charge in [-0.3, -0.25) is 14.4 Å². The number of ether oxygens (including phenoxy) is 1. The zero-order chi connectivity index (χ0) is 36.7. The number of rotatable bonds is 20. The average molecular weight is 707 g/mol. The molecule has 0 unspecified atom stereocenters. The molecule has 0 aromatic heterocycles. The molecule has 6 nitrogen and oxygen atoms in total. The molecule has 0 spiro atoms. The lowest BCUT2D eigenvalue weighted by molar-refractivity contribution is -0.127. The summed E-state index contributed by atoms with van der Waals surface area (Å²) in [6.45, 7) is 7.86. The van der Waals surface area contributed by atoms with Crippen LogP contribution in [-0.2, 0) is 25.6 Å². The van der Waals surface area contributed by atoms with Crippen LogP contribution in [0.25, 0.3) is 0 Å². The van der Waals surface area contributed by atoms with Crippen LogP contribution in [0.3, 0.4) is 0 Å². The lowest BCUT2D eigenvalue weighted by atomic mass is 9.84. The van der Waals surface area contributed by atoms with Crippen LogP contribution in [0.5, 0.6) is 5.75 Å². The molecule has 4 aromatic carbocycles. The van der Waals surface area contributed by atoms with Crippen molar-refractivity contribution in [1.82, 2.24) is 5.32 Å². The SMILES string of the molecule is CCC(=O)[C@H](CSC(c1ccccc1)(c1ccccc1)c1ccccc1)NC(=O)CCCCCCC(=O)[C@@H](N)Cc1ccc(OC(C)(C)C)cc1. The van der Waals surface area contributed by atoms with E-state index in [1.165, 1.54) is 0 Å². The third kappa shape index (κ3) is 11.9. The molecule has 0 aliphatic rings. The van der Waals surface area contributed by atoms with Crippen molar-refractivity contribution in [2.45, 2.75) is 101 Å². The molecule has 270 valence electrons. The van der Waals surface area contributed by atoms with Gasteiger partial charge in [-0.15, -0.1) is 11.8 Å². The first-order valence-corrected chi connectivity index (χ1v) is 19.2. The summed E-state index contributed by atoms with van der Waals surface area (Å²) >= 11 is 1.68. The second kappa shape index (κ2) is 19.4. The molecule has 1 amide bonds. The molecule has 0 saturated carbocycles. The van der Waals surface area contributed by atoms with E-state index in [0.29, 0.717) is 37.9 Å². The van der Waals surface area contributed by atoms with E-state index in [1.54, 1.807) is 11.8 Å². The van der Waals surface area contributed by atoms with E-state index in [4.69, 9.17) is 10.5 Å². The van der Waals surface area contributed by atoms with Crippen LogP contribution in [0, 0.1) is 0 Å². The molecule has 0 aliphatic carbocycles. The minimum atomic E-state index is -0.607. The van der Waals surface area contributed by atoms with Crippen molar-refractivity contribution in [3.63, 3.8) is 0 Å². The number of hydrogen-bond donors (Lipinski definition) is 2. The Morgan fingerprint density at radius 3 is 1.65 bits per heavy atom. The molecule has 7 heteroatoms. The minimum absolute atomic E-state index is 0.0166. The quantitative estimate of drug-likeness (QED) is 0.0704. The number of nitrogens with one attached hydrogen (secondary N) is 1. The Balaban J connectivity index is 1.28.